The van der Waals surface area contributed by atoms with Gasteiger partial charge in [-0.1, -0.05) is 30.3 Å². The fourth-order valence-electron chi connectivity index (χ4n) is 2.98. The molecule has 0 saturated heterocycles. The summed E-state index contributed by atoms with van der Waals surface area (Å²) < 4.78 is 5.74. The molecule has 25 heavy (non-hydrogen) atoms. The van der Waals surface area contributed by atoms with Crippen LogP contribution in [0.5, 0.6) is 5.75 Å². The molecule has 1 aliphatic carbocycles. The lowest BCUT2D eigenvalue weighted by molar-refractivity contribution is -0.127. The molecule has 0 saturated carbocycles. The molecule has 1 amide bonds. The van der Waals surface area contributed by atoms with E-state index in [9.17, 15) is 4.79 Å². The summed E-state index contributed by atoms with van der Waals surface area (Å²) in [7, 11) is 0. The van der Waals surface area contributed by atoms with Gasteiger partial charge in [-0.25, -0.2) is 5.43 Å². The first-order chi connectivity index (χ1) is 12.0. The minimum absolute atomic E-state index is 0.242. The van der Waals surface area contributed by atoms with Crippen LogP contribution in [0.3, 0.4) is 0 Å². The van der Waals surface area contributed by atoms with Crippen LogP contribution in [0, 0.1) is 13.8 Å². The number of amides is 1. The van der Waals surface area contributed by atoms with E-state index in [4.69, 9.17) is 4.74 Å². The number of ether oxygens (including phenoxy) is 1. The Morgan fingerprint density at radius 3 is 2.72 bits per heavy atom. The molecule has 0 radical (unpaired) electrons. The molecule has 0 spiro atoms. The van der Waals surface area contributed by atoms with Gasteiger partial charge in [0.15, 0.2) is 6.10 Å². The van der Waals surface area contributed by atoms with E-state index in [2.05, 4.69) is 22.7 Å². The maximum atomic E-state index is 12.3. The highest BCUT2D eigenvalue weighted by Gasteiger charge is 2.17. The zero-order valence-electron chi connectivity index (χ0n) is 15.0. The zero-order valence-corrected chi connectivity index (χ0v) is 15.0. The Morgan fingerprint density at radius 1 is 1.12 bits per heavy atom. The fourth-order valence-corrected chi connectivity index (χ4v) is 2.98. The second kappa shape index (κ2) is 7.51. The largest absolute Gasteiger partial charge is 0.481 e. The molecule has 4 nitrogen and oxygen atoms in total. The predicted molar refractivity (Wildman–Crippen MR) is 100 cm³/mol. The van der Waals surface area contributed by atoms with Crippen molar-refractivity contribution in [1.82, 2.24) is 5.43 Å². The molecule has 1 N–H and O–H groups in total. The van der Waals surface area contributed by atoms with Gasteiger partial charge in [0.1, 0.15) is 5.75 Å². The Labute approximate surface area is 148 Å². The number of rotatable bonds is 4. The number of hydrazone groups is 1. The van der Waals surface area contributed by atoms with E-state index >= 15 is 0 Å². The normalized spacial score (nSPS) is 16.2. The average molecular weight is 336 g/mol. The molecular formula is C21H24N2O2. The highest BCUT2D eigenvalue weighted by Crippen LogP contribution is 2.21. The molecule has 1 aliphatic rings. The summed E-state index contributed by atoms with van der Waals surface area (Å²) in [5.74, 6) is 0.454. The molecule has 0 aromatic heterocycles. The summed E-state index contributed by atoms with van der Waals surface area (Å²) >= 11 is 0. The first kappa shape index (κ1) is 17.2. The Kier molecular flexibility index (Phi) is 5.17. The lowest BCUT2D eigenvalue weighted by Gasteiger charge is -2.18. The van der Waals surface area contributed by atoms with Gasteiger partial charge in [0, 0.05) is 5.56 Å². The quantitative estimate of drug-likeness (QED) is 0.860. The number of hydrogen-bond donors (Lipinski definition) is 1. The number of nitrogens with zero attached hydrogens (tertiary/aromatic N) is 1. The van der Waals surface area contributed by atoms with Crippen molar-refractivity contribution in [1.29, 1.82) is 0 Å². The van der Waals surface area contributed by atoms with Gasteiger partial charge >= 0.3 is 0 Å². The van der Waals surface area contributed by atoms with E-state index < -0.39 is 6.10 Å². The van der Waals surface area contributed by atoms with Gasteiger partial charge in [-0.2, -0.15) is 5.10 Å². The highest BCUT2D eigenvalue weighted by atomic mass is 16.5. The maximum Gasteiger partial charge on any atom is 0.280 e. The van der Waals surface area contributed by atoms with E-state index in [0.29, 0.717) is 5.75 Å². The molecule has 2 aromatic carbocycles. The van der Waals surface area contributed by atoms with Crippen LogP contribution >= 0.6 is 0 Å². The van der Waals surface area contributed by atoms with Crippen LogP contribution in [0.15, 0.2) is 47.6 Å². The van der Waals surface area contributed by atoms with Crippen molar-refractivity contribution in [3.8, 4) is 5.75 Å². The lowest BCUT2D eigenvalue weighted by Crippen LogP contribution is -2.34. The minimum atomic E-state index is -0.606. The molecule has 0 heterocycles. The molecule has 2 aromatic rings. The van der Waals surface area contributed by atoms with E-state index in [-0.39, 0.29) is 5.91 Å². The molecule has 4 heteroatoms. The van der Waals surface area contributed by atoms with Gasteiger partial charge in [0.2, 0.25) is 0 Å². The van der Waals surface area contributed by atoms with Crippen LogP contribution < -0.4 is 10.2 Å². The van der Waals surface area contributed by atoms with Crippen LogP contribution in [0.2, 0.25) is 0 Å². The molecule has 130 valence electrons. The van der Waals surface area contributed by atoms with Gasteiger partial charge in [-0.15, -0.1) is 0 Å². The van der Waals surface area contributed by atoms with Gasteiger partial charge in [-0.05, 0) is 68.9 Å². The summed E-state index contributed by atoms with van der Waals surface area (Å²) in [6, 6.07) is 14.1. The average Bonchev–Trinajstić information content (AvgIpc) is 2.62. The van der Waals surface area contributed by atoms with E-state index in [1.54, 1.807) is 6.92 Å². The third kappa shape index (κ3) is 4.08. The molecule has 3 rings (SSSR count). The van der Waals surface area contributed by atoms with E-state index in [1.807, 2.05) is 44.2 Å². The monoisotopic (exact) mass is 336 g/mol. The van der Waals surface area contributed by atoms with Crippen LogP contribution in [-0.2, 0) is 11.2 Å². The van der Waals surface area contributed by atoms with Gasteiger partial charge < -0.3 is 4.74 Å². The smallest absolute Gasteiger partial charge is 0.280 e. The van der Waals surface area contributed by atoms with Crippen molar-refractivity contribution in [2.75, 3.05) is 0 Å². The first-order valence-corrected chi connectivity index (χ1v) is 8.73. The van der Waals surface area contributed by atoms with Crippen molar-refractivity contribution in [3.63, 3.8) is 0 Å². The van der Waals surface area contributed by atoms with Crippen molar-refractivity contribution in [3.05, 3.63) is 64.7 Å². The number of aryl methyl sites for hydroxylation is 3. The van der Waals surface area contributed by atoms with E-state index in [0.717, 1.165) is 36.1 Å². The van der Waals surface area contributed by atoms with Crippen LogP contribution in [0.25, 0.3) is 0 Å². The molecule has 1 atom stereocenters. The number of fused-ring (bicyclic) bond motifs is 1. The fraction of sp³-hybridized carbons (Fsp3) is 0.333. The number of hydrogen-bond acceptors (Lipinski definition) is 3. The van der Waals surface area contributed by atoms with Crippen molar-refractivity contribution < 1.29 is 9.53 Å². The van der Waals surface area contributed by atoms with Crippen LogP contribution in [-0.4, -0.2) is 17.7 Å². The van der Waals surface area contributed by atoms with Crippen molar-refractivity contribution >= 4 is 11.6 Å². The Bertz CT molecular complexity index is 811. The second-order valence-corrected chi connectivity index (χ2v) is 6.55. The maximum absolute atomic E-state index is 12.3. The SMILES string of the molecule is Cc1ccc(OC(C)C(=O)N/N=C2\CCCc3ccccc32)cc1C. The summed E-state index contributed by atoms with van der Waals surface area (Å²) in [6.07, 6.45) is 2.39. The third-order valence-corrected chi connectivity index (χ3v) is 4.65. The third-order valence-electron chi connectivity index (χ3n) is 4.65. The summed E-state index contributed by atoms with van der Waals surface area (Å²) in [5, 5.41) is 4.36. The molecule has 0 bridgehead atoms. The highest BCUT2D eigenvalue weighted by molar-refractivity contribution is 6.03. The van der Waals surface area contributed by atoms with E-state index in [1.165, 1.54) is 11.1 Å². The van der Waals surface area contributed by atoms with Crippen molar-refractivity contribution in [2.45, 2.75) is 46.1 Å². The number of carbonyl (C=O) groups is 1. The molecule has 0 aliphatic heterocycles. The van der Waals surface area contributed by atoms with Crippen LogP contribution in [0.1, 0.15) is 42.0 Å². The summed E-state index contributed by atoms with van der Waals surface area (Å²) in [4.78, 5) is 12.3. The Balaban J connectivity index is 1.65. The number of nitrogens with one attached hydrogen (secondary N) is 1. The molecule has 0 fully saturated rings. The lowest BCUT2D eigenvalue weighted by atomic mass is 9.90. The predicted octanol–water partition coefficient (Wildman–Crippen LogP) is 3.93. The first-order valence-electron chi connectivity index (χ1n) is 8.73. The molecule has 1 unspecified atom stereocenters. The summed E-state index contributed by atoms with van der Waals surface area (Å²) in [5.41, 5.74) is 8.37. The second-order valence-electron chi connectivity index (χ2n) is 6.55. The summed E-state index contributed by atoms with van der Waals surface area (Å²) in [6.45, 7) is 5.81. The number of benzene rings is 2. The van der Waals surface area contributed by atoms with Gasteiger partial charge in [-0.3, -0.25) is 4.79 Å². The standard InChI is InChI=1S/C21H24N2O2/c1-14-11-12-18(13-15(14)2)25-16(3)21(24)23-22-20-10-6-8-17-7-4-5-9-19(17)20/h4-5,7,9,11-13,16H,6,8,10H2,1-3H3,(H,23,24)/b22-20+. The topological polar surface area (TPSA) is 50.7 Å². The molecular weight excluding hydrogens is 312 g/mol. The minimum Gasteiger partial charge on any atom is -0.481 e. The Morgan fingerprint density at radius 2 is 1.92 bits per heavy atom. The van der Waals surface area contributed by atoms with Crippen LogP contribution in [0.4, 0.5) is 0 Å². The zero-order chi connectivity index (χ0) is 17.8. The Hall–Kier alpha value is -2.62. The van der Waals surface area contributed by atoms with Gasteiger partial charge in [0.25, 0.3) is 5.91 Å². The number of carbonyl (C=O) groups excluding carboxylic acids is 1. The van der Waals surface area contributed by atoms with Crippen molar-refractivity contribution in [2.24, 2.45) is 5.10 Å². The van der Waals surface area contributed by atoms with Gasteiger partial charge in [0.05, 0.1) is 5.71 Å².